The van der Waals surface area contributed by atoms with E-state index in [1.54, 1.807) is 36.7 Å². The lowest BCUT2D eigenvalue weighted by Crippen LogP contribution is -2.20. The van der Waals surface area contributed by atoms with E-state index in [1.165, 1.54) is 6.07 Å². The average Bonchev–Trinajstić information content (AvgIpc) is 2.58. The minimum absolute atomic E-state index is 0.0155. The standard InChI is InChI=1S/C19H16N2O3/c1-13-15(9-6-10-17(13)21(23)24)16-11-12-18(20(2)19(16)22)14-7-4-3-5-8-14/h3-12H,1-2H3. The van der Waals surface area contributed by atoms with E-state index in [1.807, 2.05) is 36.4 Å². The maximum atomic E-state index is 12.8. The summed E-state index contributed by atoms with van der Waals surface area (Å²) in [5, 5.41) is 11.1. The summed E-state index contributed by atoms with van der Waals surface area (Å²) in [5.41, 5.74) is 3.11. The van der Waals surface area contributed by atoms with Gasteiger partial charge in [-0.1, -0.05) is 42.5 Å². The molecular formula is C19H16N2O3. The van der Waals surface area contributed by atoms with E-state index >= 15 is 0 Å². The number of rotatable bonds is 3. The van der Waals surface area contributed by atoms with Crippen molar-refractivity contribution in [3.05, 3.63) is 86.7 Å². The van der Waals surface area contributed by atoms with Crippen LogP contribution in [-0.4, -0.2) is 9.49 Å². The van der Waals surface area contributed by atoms with Gasteiger partial charge >= 0.3 is 0 Å². The molecule has 120 valence electrons. The summed E-state index contributed by atoms with van der Waals surface area (Å²) in [6.07, 6.45) is 0. The van der Waals surface area contributed by atoms with Crippen LogP contribution in [0.25, 0.3) is 22.4 Å². The summed E-state index contributed by atoms with van der Waals surface area (Å²) in [6.45, 7) is 1.66. The van der Waals surface area contributed by atoms with Gasteiger partial charge in [-0.15, -0.1) is 0 Å². The second-order valence-corrected chi connectivity index (χ2v) is 5.57. The molecule has 0 fully saturated rings. The van der Waals surface area contributed by atoms with Gasteiger partial charge in [0.25, 0.3) is 11.2 Å². The van der Waals surface area contributed by atoms with E-state index in [0.717, 1.165) is 11.3 Å². The highest BCUT2D eigenvalue weighted by molar-refractivity contribution is 5.72. The van der Waals surface area contributed by atoms with E-state index in [4.69, 9.17) is 0 Å². The first-order valence-electron chi connectivity index (χ1n) is 7.50. The van der Waals surface area contributed by atoms with E-state index in [9.17, 15) is 14.9 Å². The monoisotopic (exact) mass is 320 g/mol. The van der Waals surface area contributed by atoms with Gasteiger partial charge in [0.1, 0.15) is 0 Å². The Labute approximate surface area is 139 Å². The molecule has 0 aliphatic heterocycles. The topological polar surface area (TPSA) is 65.1 Å². The first kappa shape index (κ1) is 15.7. The Morgan fingerprint density at radius 1 is 0.917 bits per heavy atom. The van der Waals surface area contributed by atoms with Crippen LogP contribution in [0.2, 0.25) is 0 Å². The number of aromatic nitrogens is 1. The van der Waals surface area contributed by atoms with Crippen LogP contribution in [-0.2, 0) is 7.05 Å². The van der Waals surface area contributed by atoms with Gasteiger partial charge in [0.05, 0.1) is 10.6 Å². The number of nitrogens with zero attached hydrogens (tertiary/aromatic N) is 2. The smallest absolute Gasteiger partial charge is 0.272 e. The van der Waals surface area contributed by atoms with E-state index in [0.29, 0.717) is 16.7 Å². The van der Waals surface area contributed by atoms with Gasteiger partial charge in [-0.2, -0.15) is 0 Å². The van der Waals surface area contributed by atoms with Crippen LogP contribution >= 0.6 is 0 Å². The quantitative estimate of drug-likeness (QED) is 0.542. The largest absolute Gasteiger partial charge is 0.311 e. The fourth-order valence-corrected chi connectivity index (χ4v) is 2.85. The molecule has 5 heteroatoms. The third kappa shape index (κ3) is 2.60. The fourth-order valence-electron chi connectivity index (χ4n) is 2.85. The number of nitro groups is 1. The van der Waals surface area contributed by atoms with Crippen LogP contribution in [0.5, 0.6) is 0 Å². The molecule has 0 bridgehead atoms. The van der Waals surface area contributed by atoms with E-state index in [-0.39, 0.29) is 11.2 Å². The lowest BCUT2D eigenvalue weighted by molar-refractivity contribution is -0.385. The van der Waals surface area contributed by atoms with Gasteiger partial charge in [0.2, 0.25) is 0 Å². The second kappa shape index (κ2) is 6.12. The highest BCUT2D eigenvalue weighted by Crippen LogP contribution is 2.29. The molecule has 24 heavy (non-hydrogen) atoms. The fraction of sp³-hybridized carbons (Fsp3) is 0.105. The lowest BCUT2D eigenvalue weighted by atomic mass is 9.99. The number of hydrogen-bond donors (Lipinski definition) is 0. The Kier molecular flexibility index (Phi) is 4.00. The van der Waals surface area contributed by atoms with Crippen LogP contribution in [0.3, 0.4) is 0 Å². The Morgan fingerprint density at radius 3 is 2.29 bits per heavy atom. The van der Waals surface area contributed by atoms with Crippen LogP contribution < -0.4 is 5.56 Å². The van der Waals surface area contributed by atoms with Crippen molar-refractivity contribution in [2.75, 3.05) is 0 Å². The molecule has 0 saturated heterocycles. The zero-order valence-corrected chi connectivity index (χ0v) is 13.4. The van der Waals surface area contributed by atoms with Gasteiger partial charge in [-0.05, 0) is 30.2 Å². The van der Waals surface area contributed by atoms with Crippen molar-refractivity contribution in [2.45, 2.75) is 6.92 Å². The normalized spacial score (nSPS) is 10.6. The lowest BCUT2D eigenvalue weighted by Gasteiger charge is -2.12. The third-order valence-corrected chi connectivity index (χ3v) is 4.17. The molecule has 0 atom stereocenters. The Bertz CT molecular complexity index is 976. The number of nitro benzene ring substituents is 1. The Hall–Kier alpha value is -3.21. The van der Waals surface area contributed by atoms with Crippen LogP contribution in [0.1, 0.15) is 5.56 Å². The molecule has 0 spiro atoms. The minimum Gasteiger partial charge on any atom is -0.311 e. The van der Waals surface area contributed by atoms with E-state index in [2.05, 4.69) is 0 Å². The molecule has 0 radical (unpaired) electrons. The third-order valence-electron chi connectivity index (χ3n) is 4.17. The number of benzene rings is 2. The first-order chi connectivity index (χ1) is 11.5. The summed E-state index contributed by atoms with van der Waals surface area (Å²) in [5.74, 6) is 0. The molecule has 0 unspecified atom stereocenters. The van der Waals surface area contributed by atoms with Gasteiger partial charge in [-0.3, -0.25) is 14.9 Å². The average molecular weight is 320 g/mol. The summed E-state index contributed by atoms with van der Waals surface area (Å²) in [7, 11) is 1.71. The zero-order chi connectivity index (χ0) is 17.3. The summed E-state index contributed by atoms with van der Waals surface area (Å²) >= 11 is 0. The molecule has 3 aromatic rings. The molecule has 0 N–H and O–H groups in total. The molecule has 2 aromatic carbocycles. The highest BCUT2D eigenvalue weighted by Gasteiger charge is 2.17. The molecule has 0 aliphatic carbocycles. The molecule has 0 saturated carbocycles. The van der Waals surface area contributed by atoms with Gasteiger partial charge in [-0.25, -0.2) is 0 Å². The van der Waals surface area contributed by atoms with Gasteiger partial charge in [0, 0.05) is 24.2 Å². The molecule has 5 nitrogen and oxygen atoms in total. The molecule has 0 aliphatic rings. The van der Waals surface area contributed by atoms with Gasteiger partial charge in [0.15, 0.2) is 0 Å². The van der Waals surface area contributed by atoms with E-state index < -0.39 is 4.92 Å². The Morgan fingerprint density at radius 2 is 1.62 bits per heavy atom. The maximum Gasteiger partial charge on any atom is 0.272 e. The van der Waals surface area contributed by atoms with Crippen molar-refractivity contribution in [2.24, 2.45) is 7.05 Å². The predicted molar refractivity (Wildman–Crippen MR) is 93.9 cm³/mol. The van der Waals surface area contributed by atoms with Crippen molar-refractivity contribution in [3.63, 3.8) is 0 Å². The van der Waals surface area contributed by atoms with Crippen molar-refractivity contribution in [3.8, 4) is 22.4 Å². The van der Waals surface area contributed by atoms with Crippen LogP contribution in [0.4, 0.5) is 5.69 Å². The zero-order valence-electron chi connectivity index (χ0n) is 13.4. The van der Waals surface area contributed by atoms with Crippen molar-refractivity contribution in [1.82, 2.24) is 4.57 Å². The number of hydrogen-bond acceptors (Lipinski definition) is 3. The molecule has 1 aromatic heterocycles. The molecule has 3 rings (SSSR count). The van der Waals surface area contributed by atoms with Gasteiger partial charge < -0.3 is 4.57 Å². The predicted octanol–water partition coefficient (Wildman–Crippen LogP) is 3.94. The van der Waals surface area contributed by atoms with Crippen LogP contribution in [0.15, 0.2) is 65.5 Å². The summed E-state index contributed by atoms with van der Waals surface area (Å²) in [4.78, 5) is 23.5. The summed E-state index contributed by atoms with van der Waals surface area (Å²) < 4.78 is 1.57. The van der Waals surface area contributed by atoms with Crippen molar-refractivity contribution in [1.29, 1.82) is 0 Å². The summed E-state index contributed by atoms with van der Waals surface area (Å²) in [6, 6.07) is 18.0. The Balaban J connectivity index is 2.19. The minimum atomic E-state index is -0.429. The van der Waals surface area contributed by atoms with Crippen molar-refractivity contribution >= 4 is 5.69 Å². The SMILES string of the molecule is Cc1c(-c2ccc(-c3ccccc3)n(C)c2=O)cccc1[N+](=O)[O-]. The number of pyridine rings is 1. The highest BCUT2D eigenvalue weighted by atomic mass is 16.6. The molecule has 1 heterocycles. The maximum absolute atomic E-state index is 12.8. The van der Waals surface area contributed by atoms with Crippen molar-refractivity contribution < 1.29 is 4.92 Å². The molecular weight excluding hydrogens is 304 g/mol. The first-order valence-corrected chi connectivity index (χ1v) is 7.50. The van der Waals surface area contributed by atoms with Crippen LogP contribution in [0, 0.1) is 17.0 Å². The second-order valence-electron chi connectivity index (χ2n) is 5.57. The molecule has 0 amide bonds.